The molecule has 1 amide bonds. The summed E-state index contributed by atoms with van der Waals surface area (Å²) in [5.41, 5.74) is 2.99. The molecule has 0 spiro atoms. The summed E-state index contributed by atoms with van der Waals surface area (Å²) < 4.78 is 1.86. The molecule has 0 saturated carbocycles. The normalized spacial score (nSPS) is 17.3. The maximum atomic E-state index is 12.9. The molecule has 1 atom stereocenters. The lowest BCUT2D eigenvalue weighted by atomic mass is 9.97. The van der Waals surface area contributed by atoms with E-state index in [-0.39, 0.29) is 11.8 Å². The van der Waals surface area contributed by atoms with E-state index in [1.165, 1.54) is 0 Å². The van der Waals surface area contributed by atoms with Crippen molar-refractivity contribution >= 4 is 39.4 Å². The molecule has 7 heteroatoms. The molecule has 0 aliphatic carbocycles. The molecule has 5 rings (SSSR count). The molecular weight excluding hydrogens is 386 g/mol. The number of nitrogens with zero attached hydrogens (tertiary/aromatic N) is 4. The van der Waals surface area contributed by atoms with Crippen LogP contribution >= 0.6 is 11.6 Å². The van der Waals surface area contributed by atoms with Gasteiger partial charge >= 0.3 is 0 Å². The Morgan fingerprint density at radius 1 is 1.21 bits per heavy atom. The number of H-pyrrole nitrogens is 1. The molecule has 1 N–H and O–H groups in total. The fourth-order valence-electron chi connectivity index (χ4n) is 4.20. The first-order valence-electron chi connectivity index (χ1n) is 10.0. The number of para-hydroxylation sites is 2. The zero-order valence-electron chi connectivity index (χ0n) is 16.0. The number of hydrogen-bond acceptors (Lipinski definition) is 3. The van der Waals surface area contributed by atoms with Crippen LogP contribution in [0.4, 0.5) is 0 Å². The Morgan fingerprint density at radius 3 is 3.00 bits per heavy atom. The maximum absolute atomic E-state index is 12.9. The summed E-state index contributed by atoms with van der Waals surface area (Å²) in [7, 11) is 0. The molecule has 0 radical (unpaired) electrons. The lowest BCUT2D eigenvalue weighted by molar-refractivity contribution is -0.132. The van der Waals surface area contributed by atoms with Crippen molar-refractivity contribution in [3.8, 4) is 0 Å². The van der Waals surface area contributed by atoms with E-state index in [0.29, 0.717) is 24.5 Å². The van der Waals surface area contributed by atoms with Crippen LogP contribution in [0.1, 0.15) is 31.0 Å². The van der Waals surface area contributed by atoms with Crippen molar-refractivity contribution in [1.29, 1.82) is 0 Å². The Kier molecular flexibility index (Phi) is 4.72. The number of aryl methyl sites for hydroxylation is 1. The van der Waals surface area contributed by atoms with Gasteiger partial charge in [-0.2, -0.15) is 5.10 Å². The van der Waals surface area contributed by atoms with Crippen LogP contribution in [0.25, 0.3) is 21.9 Å². The summed E-state index contributed by atoms with van der Waals surface area (Å²) in [4.78, 5) is 23.0. The summed E-state index contributed by atoms with van der Waals surface area (Å²) in [5, 5.41) is 6.01. The van der Waals surface area contributed by atoms with Crippen LogP contribution in [-0.2, 0) is 11.3 Å². The van der Waals surface area contributed by atoms with Gasteiger partial charge in [0.05, 0.1) is 34.3 Å². The molecule has 1 aliphatic heterocycles. The van der Waals surface area contributed by atoms with Gasteiger partial charge in [-0.1, -0.05) is 29.8 Å². The number of likely N-dealkylation sites (tertiary alicyclic amines) is 1. The van der Waals surface area contributed by atoms with Crippen molar-refractivity contribution in [2.45, 2.75) is 31.7 Å². The highest BCUT2D eigenvalue weighted by atomic mass is 35.5. The van der Waals surface area contributed by atoms with Gasteiger partial charge in [-0.3, -0.25) is 9.48 Å². The molecule has 29 heavy (non-hydrogen) atoms. The second-order valence-electron chi connectivity index (χ2n) is 7.61. The maximum Gasteiger partial charge on any atom is 0.224 e. The largest absolute Gasteiger partial charge is 0.342 e. The molecule has 0 bridgehead atoms. The van der Waals surface area contributed by atoms with Crippen molar-refractivity contribution in [3.05, 3.63) is 59.5 Å². The highest BCUT2D eigenvalue weighted by Gasteiger charge is 2.26. The van der Waals surface area contributed by atoms with E-state index in [0.717, 1.165) is 47.1 Å². The molecule has 2 aromatic heterocycles. The minimum Gasteiger partial charge on any atom is -0.342 e. The van der Waals surface area contributed by atoms with Crippen LogP contribution < -0.4 is 0 Å². The number of piperidine rings is 1. The van der Waals surface area contributed by atoms with Gasteiger partial charge in [0.15, 0.2) is 0 Å². The third-order valence-corrected chi connectivity index (χ3v) is 6.07. The lowest BCUT2D eigenvalue weighted by Crippen LogP contribution is -2.39. The number of halogens is 1. The van der Waals surface area contributed by atoms with Gasteiger partial charge in [-0.25, -0.2) is 4.98 Å². The van der Waals surface area contributed by atoms with Gasteiger partial charge < -0.3 is 9.88 Å². The van der Waals surface area contributed by atoms with Gasteiger partial charge in [0, 0.05) is 30.8 Å². The summed E-state index contributed by atoms with van der Waals surface area (Å²) in [6, 6.07) is 13.8. The minimum atomic E-state index is 0.163. The van der Waals surface area contributed by atoms with E-state index < -0.39 is 0 Å². The number of benzene rings is 2. The predicted octanol–water partition coefficient (Wildman–Crippen LogP) is 4.36. The van der Waals surface area contributed by atoms with Crippen LogP contribution in [0, 0.1) is 0 Å². The van der Waals surface area contributed by atoms with Gasteiger partial charge in [0.1, 0.15) is 5.82 Å². The van der Waals surface area contributed by atoms with Crippen molar-refractivity contribution in [1.82, 2.24) is 24.6 Å². The number of aromatic amines is 1. The smallest absolute Gasteiger partial charge is 0.224 e. The second kappa shape index (κ2) is 7.52. The van der Waals surface area contributed by atoms with Gasteiger partial charge in [0.25, 0.3) is 0 Å². The molecule has 3 heterocycles. The lowest BCUT2D eigenvalue weighted by Gasteiger charge is -2.32. The van der Waals surface area contributed by atoms with Crippen molar-refractivity contribution in [2.24, 2.45) is 0 Å². The quantitative estimate of drug-likeness (QED) is 0.546. The summed E-state index contributed by atoms with van der Waals surface area (Å²) in [6.07, 6.45) is 4.23. The summed E-state index contributed by atoms with van der Waals surface area (Å²) in [5.74, 6) is 1.40. The number of fused-ring (bicyclic) bond motifs is 2. The van der Waals surface area contributed by atoms with Gasteiger partial charge in [-0.05, 0) is 37.1 Å². The number of imidazole rings is 1. The van der Waals surface area contributed by atoms with E-state index in [1.54, 1.807) is 6.20 Å². The second-order valence-corrected chi connectivity index (χ2v) is 8.02. The average molecular weight is 408 g/mol. The van der Waals surface area contributed by atoms with Gasteiger partial charge in [0.2, 0.25) is 5.91 Å². The average Bonchev–Trinajstić information content (AvgIpc) is 3.37. The van der Waals surface area contributed by atoms with Crippen LogP contribution in [0.3, 0.4) is 0 Å². The molecule has 1 fully saturated rings. The summed E-state index contributed by atoms with van der Waals surface area (Å²) >= 11 is 6.22. The number of carbonyl (C=O) groups excluding carboxylic acids is 1. The van der Waals surface area contributed by atoms with Crippen molar-refractivity contribution in [3.63, 3.8) is 0 Å². The number of nitrogens with one attached hydrogen (secondary N) is 1. The fourth-order valence-corrected chi connectivity index (χ4v) is 4.42. The Bertz CT molecular complexity index is 1150. The molecule has 1 unspecified atom stereocenters. The van der Waals surface area contributed by atoms with Crippen molar-refractivity contribution < 1.29 is 4.79 Å². The number of carbonyl (C=O) groups is 1. The zero-order valence-corrected chi connectivity index (χ0v) is 16.8. The Labute approximate surface area is 173 Å². The first-order chi connectivity index (χ1) is 14.2. The molecule has 148 valence electrons. The first-order valence-corrected chi connectivity index (χ1v) is 10.4. The highest BCUT2D eigenvalue weighted by Crippen LogP contribution is 2.27. The van der Waals surface area contributed by atoms with E-state index >= 15 is 0 Å². The Morgan fingerprint density at radius 2 is 2.10 bits per heavy atom. The SMILES string of the molecule is O=C(CCn1ncc2c(Cl)cccc21)N1CCCC(c2nc3ccccc3[nH]2)C1. The predicted molar refractivity (Wildman–Crippen MR) is 114 cm³/mol. The molecular formula is C22H22ClN5O. The van der Waals surface area contributed by atoms with Crippen LogP contribution in [0.15, 0.2) is 48.7 Å². The molecule has 4 aromatic rings. The number of amides is 1. The highest BCUT2D eigenvalue weighted by molar-refractivity contribution is 6.35. The van der Waals surface area contributed by atoms with Crippen molar-refractivity contribution in [2.75, 3.05) is 13.1 Å². The van der Waals surface area contributed by atoms with E-state index in [2.05, 4.69) is 10.1 Å². The number of rotatable bonds is 4. The fraction of sp³-hybridized carbons (Fsp3) is 0.318. The third kappa shape index (κ3) is 3.49. The molecule has 2 aromatic carbocycles. The third-order valence-electron chi connectivity index (χ3n) is 5.74. The number of hydrogen-bond donors (Lipinski definition) is 1. The van der Waals surface area contributed by atoms with Crippen LogP contribution in [0.5, 0.6) is 0 Å². The van der Waals surface area contributed by atoms with Gasteiger partial charge in [-0.15, -0.1) is 0 Å². The van der Waals surface area contributed by atoms with Crippen LogP contribution in [0.2, 0.25) is 5.02 Å². The zero-order chi connectivity index (χ0) is 19.8. The van der Waals surface area contributed by atoms with E-state index in [1.807, 2.05) is 52.0 Å². The van der Waals surface area contributed by atoms with Crippen LogP contribution in [-0.4, -0.2) is 43.6 Å². The van der Waals surface area contributed by atoms with E-state index in [9.17, 15) is 4.79 Å². The number of aromatic nitrogens is 4. The summed E-state index contributed by atoms with van der Waals surface area (Å²) in [6.45, 7) is 2.07. The Hall–Kier alpha value is -2.86. The molecule has 1 aliphatic rings. The standard InChI is InChI=1S/C22H22ClN5O/c23-17-6-3-9-20-16(17)13-24-28(20)12-10-21(29)27-11-4-5-15(14-27)22-25-18-7-1-2-8-19(18)26-22/h1-3,6-9,13,15H,4-5,10-12,14H2,(H,25,26). The monoisotopic (exact) mass is 407 g/mol. The molecule has 1 saturated heterocycles. The van der Waals surface area contributed by atoms with E-state index in [4.69, 9.17) is 16.6 Å². The Balaban J connectivity index is 1.26. The first kappa shape index (κ1) is 18.2. The minimum absolute atomic E-state index is 0.163. The topological polar surface area (TPSA) is 66.8 Å². The molecule has 6 nitrogen and oxygen atoms in total.